The fourth-order valence-corrected chi connectivity index (χ4v) is 5.39. The summed E-state index contributed by atoms with van der Waals surface area (Å²) < 4.78 is 0. The Hall–Kier alpha value is -4.01. The molecule has 0 radical (unpaired) electrons. The molecule has 1 aliphatic heterocycles. The van der Waals surface area contributed by atoms with E-state index in [2.05, 4.69) is 10.6 Å². The molecule has 0 saturated carbocycles. The van der Waals surface area contributed by atoms with Gasteiger partial charge in [-0.25, -0.2) is 0 Å². The predicted octanol–water partition coefficient (Wildman–Crippen LogP) is 4.60. The Morgan fingerprint density at radius 2 is 1.69 bits per heavy atom. The van der Waals surface area contributed by atoms with E-state index in [4.69, 9.17) is 17.3 Å². The van der Waals surface area contributed by atoms with E-state index in [0.29, 0.717) is 29.1 Å². The van der Waals surface area contributed by atoms with Gasteiger partial charge in [-0.3, -0.25) is 19.2 Å². The van der Waals surface area contributed by atoms with Crippen molar-refractivity contribution in [2.75, 3.05) is 11.9 Å². The summed E-state index contributed by atoms with van der Waals surface area (Å²) >= 11 is 6.28. The maximum absolute atomic E-state index is 13.7. The molecule has 0 aliphatic carbocycles. The Bertz CT molecular complexity index is 1460. The van der Waals surface area contributed by atoms with E-state index in [9.17, 15) is 19.2 Å². The number of carbonyl (C=O) groups excluding carboxylic acids is 4. The van der Waals surface area contributed by atoms with E-state index >= 15 is 0 Å². The number of benzene rings is 3. The molecular weight excluding hydrogens is 552 g/mol. The monoisotopic (exact) mass is 588 g/mol. The topological polar surface area (TPSA) is 122 Å². The molecule has 2 atom stereocenters. The first kappa shape index (κ1) is 30.9. The van der Waals surface area contributed by atoms with Crippen LogP contribution in [0.4, 0.5) is 5.69 Å². The van der Waals surface area contributed by atoms with Gasteiger partial charge in [-0.2, -0.15) is 0 Å². The number of anilines is 1. The van der Waals surface area contributed by atoms with Crippen molar-refractivity contribution in [3.8, 4) is 0 Å². The van der Waals surface area contributed by atoms with Gasteiger partial charge in [0.05, 0.1) is 0 Å². The molecule has 4 N–H and O–H groups in total. The first-order valence-corrected chi connectivity index (χ1v) is 14.6. The summed E-state index contributed by atoms with van der Waals surface area (Å²) in [6.45, 7) is 4.24. The number of hydrogen-bond donors (Lipinski definition) is 3. The molecule has 8 nitrogen and oxygen atoms in total. The molecule has 1 heterocycles. The Morgan fingerprint density at radius 1 is 1.00 bits per heavy atom. The van der Waals surface area contributed by atoms with Gasteiger partial charge in [0.25, 0.3) is 0 Å². The van der Waals surface area contributed by atoms with E-state index < -0.39 is 23.9 Å². The van der Waals surface area contributed by atoms with E-state index in [1.54, 1.807) is 24.3 Å². The maximum Gasteiger partial charge on any atom is 0.247 e. The highest BCUT2D eigenvalue weighted by Gasteiger charge is 2.36. The van der Waals surface area contributed by atoms with Crippen LogP contribution in [0.1, 0.15) is 58.8 Å². The summed E-state index contributed by atoms with van der Waals surface area (Å²) in [5, 5.41) is 6.41. The Kier molecular flexibility index (Phi) is 10.5. The number of nitrogens with two attached hydrogens (primary N) is 1. The summed E-state index contributed by atoms with van der Waals surface area (Å²) in [6, 6.07) is 18.4. The number of rotatable bonds is 11. The van der Waals surface area contributed by atoms with Crippen LogP contribution in [0, 0.1) is 6.92 Å². The number of hydrogen-bond acceptors (Lipinski definition) is 5. The zero-order valence-corrected chi connectivity index (χ0v) is 24.7. The third-order valence-electron chi connectivity index (χ3n) is 7.64. The van der Waals surface area contributed by atoms with E-state index in [-0.39, 0.29) is 44.0 Å². The van der Waals surface area contributed by atoms with E-state index in [1.807, 2.05) is 56.3 Å². The van der Waals surface area contributed by atoms with Crippen molar-refractivity contribution in [1.82, 2.24) is 10.2 Å². The molecular formula is C33H37ClN4O4. The maximum atomic E-state index is 13.7. The minimum atomic E-state index is -0.906. The second-order valence-corrected chi connectivity index (χ2v) is 10.9. The van der Waals surface area contributed by atoms with Gasteiger partial charge in [0.15, 0.2) is 5.78 Å². The van der Waals surface area contributed by atoms with Gasteiger partial charge in [-0.1, -0.05) is 73.1 Å². The lowest BCUT2D eigenvalue weighted by atomic mass is 9.92. The number of aryl methyl sites for hydroxylation is 2. The lowest BCUT2D eigenvalue weighted by Gasteiger charge is -2.36. The first-order chi connectivity index (χ1) is 20.2. The summed E-state index contributed by atoms with van der Waals surface area (Å²) in [5.74, 6) is -1.26. The zero-order valence-electron chi connectivity index (χ0n) is 24.0. The summed E-state index contributed by atoms with van der Waals surface area (Å²) in [6.07, 6.45) is 1.19. The molecule has 9 heteroatoms. The Labute approximate surface area is 251 Å². The minimum absolute atomic E-state index is 0.0257. The fourth-order valence-electron chi connectivity index (χ4n) is 5.21. The second-order valence-electron chi connectivity index (χ2n) is 10.5. The molecule has 0 unspecified atom stereocenters. The molecule has 0 fully saturated rings. The number of fused-ring (bicyclic) bond motifs is 1. The standard InChI is InChI=1S/C33H37ClN4O4/c1-3-22-18-26(34)21(2)17-28(22)37-32(41)27(15-16-35)36-33(42)29-19-24-11-7-8-12-25(24)20-38(29)31(40)14-13-30(39)23-9-5-4-6-10-23/h4-12,17-18,27,29H,3,13-16,19-20,35H2,1-2H3,(H,36,42)(H,37,41)/t27-,29-/m0/s1. The highest BCUT2D eigenvalue weighted by molar-refractivity contribution is 6.31. The number of halogens is 1. The van der Waals surface area contributed by atoms with Crippen LogP contribution in [-0.2, 0) is 33.8 Å². The van der Waals surface area contributed by atoms with E-state index in [0.717, 1.165) is 22.3 Å². The quantitative estimate of drug-likeness (QED) is 0.283. The van der Waals surface area contributed by atoms with Crippen molar-refractivity contribution in [3.05, 3.63) is 99.6 Å². The average molecular weight is 589 g/mol. The number of ketones is 1. The van der Waals surface area contributed by atoms with Crippen LogP contribution in [0.25, 0.3) is 0 Å². The predicted molar refractivity (Wildman–Crippen MR) is 164 cm³/mol. The summed E-state index contributed by atoms with van der Waals surface area (Å²) in [7, 11) is 0. The largest absolute Gasteiger partial charge is 0.342 e. The fraction of sp³-hybridized carbons (Fsp3) is 0.333. The normalized spacial score (nSPS) is 15.0. The Morgan fingerprint density at radius 3 is 2.38 bits per heavy atom. The number of amides is 3. The third-order valence-corrected chi connectivity index (χ3v) is 8.05. The van der Waals surface area contributed by atoms with Crippen molar-refractivity contribution < 1.29 is 19.2 Å². The molecule has 220 valence electrons. The summed E-state index contributed by atoms with van der Waals surface area (Å²) in [5.41, 5.74) is 10.6. The van der Waals surface area contributed by atoms with Gasteiger partial charge < -0.3 is 21.3 Å². The van der Waals surface area contributed by atoms with Crippen molar-refractivity contribution in [2.45, 2.75) is 64.6 Å². The summed E-state index contributed by atoms with van der Waals surface area (Å²) in [4.78, 5) is 54.8. The van der Waals surface area contributed by atoms with Crippen molar-refractivity contribution in [2.24, 2.45) is 5.73 Å². The van der Waals surface area contributed by atoms with Gasteiger partial charge in [0.2, 0.25) is 17.7 Å². The van der Waals surface area contributed by atoms with Crippen LogP contribution in [0.3, 0.4) is 0 Å². The zero-order chi connectivity index (χ0) is 30.2. The van der Waals surface area contributed by atoms with Crippen molar-refractivity contribution >= 4 is 40.8 Å². The molecule has 1 aliphatic rings. The number of carbonyl (C=O) groups is 4. The molecule has 0 saturated heterocycles. The second kappa shape index (κ2) is 14.2. The van der Waals surface area contributed by atoms with Crippen molar-refractivity contribution in [1.29, 1.82) is 0 Å². The highest BCUT2D eigenvalue weighted by Crippen LogP contribution is 2.27. The number of Topliss-reactive ketones (excluding diaryl/α,β-unsaturated/α-hetero) is 1. The van der Waals surface area contributed by atoms with Gasteiger partial charge in [0.1, 0.15) is 12.1 Å². The highest BCUT2D eigenvalue weighted by atomic mass is 35.5. The van der Waals surface area contributed by atoms with Crippen LogP contribution in [-0.4, -0.2) is 47.0 Å². The lowest BCUT2D eigenvalue weighted by molar-refractivity contribution is -0.142. The molecule has 42 heavy (non-hydrogen) atoms. The molecule has 4 rings (SSSR count). The van der Waals surface area contributed by atoms with E-state index in [1.165, 1.54) is 4.90 Å². The van der Waals surface area contributed by atoms with Crippen LogP contribution in [0.15, 0.2) is 66.7 Å². The molecule has 3 aromatic rings. The van der Waals surface area contributed by atoms with Crippen LogP contribution in [0.5, 0.6) is 0 Å². The van der Waals surface area contributed by atoms with Gasteiger partial charge in [0, 0.05) is 42.1 Å². The first-order valence-electron chi connectivity index (χ1n) is 14.3. The third kappa shape index (κ3) is 7.43. The molecule has 0 spiro atoms. The molecule has 3 aromatic carbocycles. The van der Waals surface area contributed by atoms with Crippen LogP contribution in [0.2, 0.25) is 5.02 Å². The lowest BCUT2D eigenvalue weighted by Crippen LogP contribution is -2.56. The average Bonchev–Trinajstić information content (AvgIpc) is 3.00. The smallest absolute Gasteiger partial charge is 0.247 e. The Balaban J connectivity index is 1.51. The number of nitrogens with zero attached hydrogens (tertiary/aromatic N) is 1. The van der Waals surface area contributed by atoms with Crippen LogP contribution < -0.4 is 16.4 Å². The van der Waals surface area contributed by atoms with Gasteiger partial charge >= 0.3 is 0 Å². The molecule has 0 bridgehead atoms. The van der Waals surface area contributed by atoms with Crippen LogP contribution >= 0.6 is 11.6 Å². The minimum Gasteiger partial charge on any atom is -0.342 e. The van der Waals surface area contributed by atoms with Crippen molar-refractivity contribution in [3.63, 3.8) is 0 Å². The molecule has 3 amide bonds. The SMILES string of the molecule is CCc1cc(Cl)c(C)cc1NC(=O)[C@H](CCN)NC(=O)[C@@H]1Cc2ccccc2CN1C(=O)CCC(=O)c1ccccc1. The number of nitrogens with one attached hydrogen (secondary N) is 2. The molecule has 0 aromatic heterocycles. The van der Waals surface area contributed by atoms with Gasteiger partial charge in [-0.15, -0.1) is 0 Å². The van der Waals surface area contributed by atoms with Gasteiger partial charge in [-0.05, 0) is 60.7 Å².